The van der Waals surface area contributed by atoms with Crippen LogP contribution in [0.25, 0.3) is 6.08 Å². The molecule has 1 atom stereocenters. The van der Waals surface area contributed by atoms with Crippen molar-refractivity contribution in [3.05, 3.63) is 89.8 Å². The fourth-order valence-electron chi connectivity index (χ4n) is 3.09. The van der Waals surface area contributed by atoms with Gasteiger partial charge in [0.25, 0.3) is 5.91 Å². The van der Waals surface area contributed by atoms with E-state index in [1.54, 1.807) is 18.2 Å². The largest absolute Gasteiger partial charge is 0.479 e. The maximum absolute atomic E-state index is 12.7. The lowest BCUT2D eigenvalue weighted by atomic mass is 10.1. The second-order valence-electron chi connectivity index (χ2n) is 7.13. The Balaban J connectivity index is 1.64. The van der Waals surface area contributed by atoms with E-state index >= 15 is 0 Å². The number of benzene rings is 2. The van der Waals surface area contributed by atoms with Crippen LogP contribution in [0.2, 0.25) is 0 Å². The van der Waals surface area contributed by atoms with Crippen molar-refractivity contribution in [1.29, 1.82) is 0 Å². The van der Waals surface area contributed by atoms with Crippen molar-refractivity contribution in [3.63, 3.8) is 0 Å². The molecule has 1 amide bonds. The van der Waals surface area contributed by atoms with Crippen LogP contribution in [0.4, 0.5) is 5.69 Å². The van der Waals surface area contributed by atoms with Gasteiger partial charge >= 0.3 is 5.97 Å². The van der Waals surface area contributed by atoms with Crippen molar-refractivity contribution in [2.24, 2.45) is 0 Å². The molecule has 0 aliphatic heterocycles. The number of hydrogen-bond acceptors (Lipinski definition) is 3. The molecule has 2 aromatic carbocycles. The summed E-state index contributed by atoms with van der Waals surface area (Å²) in [5.74, 6) is -0.683. The molecule has 6 heteroatoms. The first-order valence-corrected chi connectivity index (χ1v) is 10.2. The average Bonchev–Trinajstić information content (AvgIpc) is 3.23. The third-order valence-corrected chi connectivity index (χ3v) is 4.79. The molecule has 6 nitrogen and oxygen atoms in total. The summed E-state index contributed by atoms with van der Waals surface area (Å²) in [6.07, 6.45) is 5.69. The van der Waals surface area contributed by atoms with Gasteiger partial charge in [-0.2, -0.15) is 0 Å². The smallest absolute Gasteiger partial charge is 0.344 e. The van der Waals surface area contributed by atoms with Gasteiger partial charge in [0.05, 0.1) is 0 Å². The highest BCUT2D eigenvalue weighted by Gasteiger charge is 2.12. The van der Waals surface area contributed by atoms with E-state index in [1.165, 1.54) is 12.5 Å². The number of rotatable bonds is 9. The first-order chi connectivity index (χ1) is 15.0. The number of aromatic nitrogens is 1. The second kappa shape index (κ2) is 10.3. The molecule has 0 spiro atoms. The van der Waals surface area contributed by atoms with Gasteiger partial charge in [-0.1, -0.05) is 43.3 Å². The number of nitrogens with one attached hydrogen (secondary N) is 1. The Labute approximate surface area is 181 Å². The number of carbonyl (C=O) groups excluding carboxylic acids is 1. The number of carboxylic acids is 1. The highest BCUT2D eigenvalue weighted by Crippen LogP contribution is 2.17. The van der Waals surface area contributed by atoms with Gasteiger partial charge < -0.3 is 19.7 Å². The van der Waals surface area contributed by atoms with Crippen molar-refractivity contribution in [3.8, 4) is 5.75 Å². The Morgan fingerprint density at radius 2 is 1.94 bits per heavy atom. The summed E-state index contributed by atoms with van der Waals surface area (Å²) in [6.45, 7) is 4.08. The van der Waals surface area contributed by atoms with E-state index in [9.17, 15) is 9.59 Å². The van der Waals surface area contributed by atoms with Crippen molar-refractivity contribution in [2.75, 3.05) is 5.32 Å². The van der Waals surface area contributed by atoms with Gasteiger partial charge in [0.2, 0.25) is 0 Å². The van der Waals surface area contributed by atoms with Crippen LogP contribution >= 0.6 is 0 Å². The molecule has 3 rings (SSSR count). The van der Waals surface area contributed by atoms with Crippen LogP contribution in [0.15, 0.2) is 72.9 Å². The molecule has 0 aliphatic rings. The maximum Gasteiger partial charge on any atom is 0.344 e. The van der Waals surface area contributed by atoms with Gasteiger partial charge in [-0.3, -0.25) is 4.79 Å². The molecule has 1 heterocycles. The third-order valence-electron chi connectivity index (χ3n) is 4.79. The summed E-state index contributed by atoms with van der Waals surface area (Å²) in [5.41, 5.74) is 3.39. The van der Waals surface area contributed by atoms with E-state index in [0.717, 1.165) is 17.7 Å². The van der Waals surface area contributed by atoms with Crippen LogP contribution in [-0.4, -0.2) is 27.7 Å². The number of hydrogen-bond donors (Lipinski definition) is 2. The van der Waals surface area contributed by atoms with Crippen molar-refractivity contribution < 1.29 is 19.4 Å². The minimum Gasteiger partial charge on any atom is -0.479 e. The number of nitrogens with zero attached hydrogens (tertiary/aromatic N) is 1. The Hall–Kier alpha value is -3.80. The molecular weight excluding hydrogens is 392 g/mol. The van der Waals surface area contributed by atoms with Crippen LogP contribution in [0.3, 0.4) is 0 Å². The number of carbonyl (C=O) groups is 2. The molecule has 31 heavy (non-hydrogen) atoms. The first kappa shape index (κ1) is 21.9. The van der Waals surface area contributed by atoms with Crippen molar-refractivity contribution >= 4 is 23.6 Å². The molecule has 0 saturated carbocycles. The molecule has 0 saturated heterocycles. The lowest BCUT2D eigenvalue weighted by Gasteiger charge is -2.10. The molecule has 0 radical (unpaired) electrons. The van der Waals surface area contributed by atoms with Gasteiger partial charge in [-0.25, -0.2) is 4.79 Å². The van der Waals surface area contributed by atoms with Crippen molar-refractivity contribution in [2.45, 2.75) is 32.9 Å². The van der Waals surface area contributed by atoms with Crippen LogP contribution in [0, 0.1) is 0 Å². The Bertz CT molecular complexity index is 1080. The number of allylic oxidation sites excluding steroid dienone is 1. The maximum atomic E-state index is 12.7. The minimum absolute atomic E-state index is 0.162. The van der Waals surface area contributed by atoms with Gasteiger partial charge in [0.15, 0.2) is 6.10 Å². The summed E-state index contributed by atoms with van der Waals surface area (Å²) in [7, 11) is 0. The van der Waals surface area contributed by atoms with Gasteiger partial charge in [-0.15, -0.1) is 0 Å². The average molecular weight is 418 g/mol. The fourth-order valence-corrected chi connectivity index (χ4v) is 3.09. The fraction of sp³-hybridized carbons (Fsp3) is 0.200. The van der Waals surface area contributed by atoms with Crippen LogP contribution in [-0.2, 0) is 17.8 Å². The van der Waals surface area contributed by atoms with E-state index < -0.39 is 12.1 Å². The molecule has 3 aromatic rings. The third kappa shape index (κ3) is 6.09. The number of carboxylic acid groups (broad SMARTS) is 1. The zero-order chi connectivity index (χ0) is 22.2. The molecule has 1 aromatic heterocycles. The number of anilines is 1. The summed E-state index contributed by atoms with van der Waals surface area (Å²) in [4.78, 5) is 23.7. The van der Waals surface area contributed by atoms with Gasteiger partial charge in [0, 0.05) is 18.4 Å². The van der Waals surface area contributed by atoms with Crippen LogP contribution < -0.4 is 10.1 Å². The van der Waals surface area contributed by atoms with E-state index in [2.05, 4.69) is 12.2 Å². The monoisotopic (exact) mass is 418 g/mol. The number of aliphatic carboxylic acids is 1. The molecule has 2 N–H and O–H groups in total. The summed E-state index contributed by atoms with van der Waals surface area (Å²) in [5, 5.41) is 11.9. The normalized spacial score (nSPS) is 11.9. The van der Waals surface area contributed by atoms with Gasteiger partial charge in [-0.05, 0) is 60.9 Å². The van der Waals surface area contributed by atoms with Crippen LogP contribution in [0.5, 0.6) is 5.75 Å². The number of ether oxygens (including phenoxy) is 1. The standard InChI is InChI=1S/C25H26N2O4/c1-3-19-8-4-11-21(16-19)26-24(28)23-13-7-15-27(23)14-6-10-20-9-5-12-22(17-20)31-18(2)25(29)30/h4-13,15-18H,3,14H2,1-2H3,(H,26,28)(H,29,30)/b10-6+/t18-/m0/s1. The predicted molar refractivity (Wildman–Crippen MR) is 121 cm³/mol. The Kier molecular flexibility index (Phi) is 7.27. The molecule has 160 valence electrons. The van der Waals surface area contributed by atoms with Crippen molar-refractivity contribution in [1.82, 2.24) is 4.57 Å². The molecule has 0 aliphatic carbocycles. The van der Waals surface area contributed by atoms with E-state index in [1.807, 2.05) is 65.4 Å². The zero-order valence-corrected chi connectivity index (χ0v) is 17.6. The minimum atomic E-state index is -1.01. The summed E-state index contributed by atoms with van der Waals surface area (Å²) < 4.78 is 7.26. The highest BCUT2D eigenvalue weighted by molar-refractivity contribution is 6.03. The number of aryl methyl sites for hydroxylation is 1. The molecule has 0 bridgehead atoms. The predicted octanol–water partition coefficient (Wildman–Crippen LogP) is 4.87. The van der Waals surface area contributed by atoms with E-state index in [0.29, 0.717) is 18.0 Å². The second-order valence-corrected chi connectivity index (χ2v) is 7.13. The van der Waals surface area contributed by atoms with E-state index in [4.69, 9.17) is 9.84 Å². The lowest BCUT2D eigenvalue weighted by molar-refractivity contribution is -0.144. The number of amides is 1. The topological polar surface area (TPSA) is 80.6 Å². The SMILES string of the molecule is CCc1cccc(NC(=O)c2cccn2C/C=C/c2cccc(O[C@@H](C)C(=O)O)c2)c1. The molecule has 0 fully saturated rings. The summed E-state index contributed by atoms with van der Waals surface area (Å²) in [6, 6.07) is 18.7. The zero-order valence-electron chi connectivity index (χ0n) is 17.6. The Morgan fingerprint density at radius 3 is 2.71 bits per heavy atom. The van der Waals surface area contributed by atoms with E-state index in [-0.39, 0.29) is 5.91 Å². The summed E-state index contributed by atoms with van der Waals surface area (Å²) >= 11 is 0. The molecule has 0 unspecified atom stereocenters. The Morgan fingerprint density at radius 1 is 1.13 bits per heavy atom. The quantitative estimate of drug-likeness (QED) is 0.520. The van der Waals surface area contributed by atoms with Gasteiger partial charge in [0.1, 0.15) is 11.4 Å². The highest BCUT2D eigenvalue weighted by atomic mass is 16.5. The lowest BCUT2D eigenvalue weighted by Crippen LogP contribution is -2.22. The van der Waals surface area contributed by atoms with Crippen LogP contribution in [0.1, 0.15) is 35.5 Å². The molecular formula is C25H26N2O4. The first-order valence-electron chi connectivity index (χ1n) is 10.2.